The Bertz CT molecular complexity index is 404. The number of piperazine rings is 1. The van der Waals surface area contributed by atoms with E-state index in [-0.39, 0.29) is 23.8 Å². The van der Waals surface area contributed by atoms with Crippen LogP contribution in [0.2, 0.25) is 0 Å². The van der Waals surface area contributed by atoms with Gasteiger partial charge in [-0.25, -0.2) is 4.39 Å². The molecule has 0 spiro atoms. The smallest absolute Gasteiger partial charge is 0.244 e. The van der Waals surface area contributed by atoms with Crippen molar-refractivity contribution in [2.45, 2.75) is 18.5 Å². The summed E-state index contributed by atoms with van der Waals surface area (Å²) in [5.41, 5.74) is 0.801. The van der Waals surface area contributed by atoms with Crippen LogP contribution in [0, 0.1) is 5.82 Å². The van der Waals surface area contributed by atoms with Crippen molar-refractivity contribution in [3.63, 3.8) is 0 Å². The van der Waals surface area contributed by atoms with Crippen molar-refractivity contribution in [3.05, 3.63) is 30.1 Å². The zero-order valence-corrected chi connectivity index (χ0v) is 8.11. The number of anilines is 1. The van der Waals surface area contributed by atoms with Gasteiger partial charge in [0.05, 0.1) is 12.1 Å². The molecule has 1 aromatic rings. The average molecular weight is 206 g/mol. The molecular formula is C11H11FN2O. The van der Waals surface area contributed by atoms with E-state index in [0.29, 0.717) is 0 Å². The molecule has 2 saturated heterocycles. The van der Waals surface area contributed by atoms with Crippen LogP contribution in [-0.4, -0.2) is 24.5 Å². The second-order valence-corrected chi connectivity index (χ2v) is 4.04. The molecule has 78 valence electrons. The Morgan fingerprint density at radius 3 is 2.67 bits per heavy atom. The van der Waals surface area contributed by atoms with Gasteiger partial charge in [0.25, 0.3) is 0 Å². The van der Waals surface area contributed by atoms with Crippen molar-refractivity contribution in [1.82, 2.24) is 5.32 Å². The summed E-state index contributed by atoms with van der Waals surface area (Å²) in [5, 5.41) is 3.15. The average Bonchev–Trinajstić information content (AvgIpc) is 2.80. The van der Waals surface area contributed by atoms with Gasteiger partial charge in [0.1, 0.15) is 5.82 Å². The fourth-order valence-corrected chi connectivity index (χ4v) is 2.39. The van der Waals surface area contributed by atoms with Crippen LogP contribution in [0.4, 0.5) is 10.1 Å². The van der Waals surface area contributed by atoms with E-state index in [9.17, 15) is 9.18 Å². The molecule has 0 saturated carbocycles. The predicted molar refractivity (Wildman–Crippen MR) is 54.1 cm³/mol. The van der Waals surface area contributed by atoms with Gasteiger partial charge < -0.3 is 10.2 Å². The lowest BCUT2D eigenvalue weighted by atomic mass is 10.2. The van der Waals surface area contributed by atoms with Crippen LogP contribution >= 0.6 is 0 Å². The number of hydrogen-bond acceptors (Lipinski definition) is 2. The number of carbonyl (C=O) groups excluding carboxylic acids is 1. The lowest BCUT2D eigenvalue weighted by molar-refractivity contribution is -0.119. The molecule has 2 atom stereocenters. The number of hydrogen-bond donors (Lipinski definition) is 1. The maximum Gasteiger partial charge on any atom is 0.244 e. The number of nitrogens with zero attached hydrogens (tertiary/aromatic N) is 1. The fourth-order valence-electron chi connectivity index (χ4n) is 2.39. The lowest BCUT2D eigenvalue weighted by Gasteiger charge is -2.27. The number of fused-ring (bicyclic) bond motifs is 2. The number of halogens is 1. The van der Waals surface area contributed by atoms with Gasteiger partial charge in [0.2, 0.25) is 5.91 Å². The van der Waals surface area contributed by atoms with E-state index in [1.807, 2.05) is 0 Å². The molecule has 2 fully saturated rings. The normalized spacial score (nSPS) is 28.9. The molecule has 15 heavy (non-hydrogen) atoms. The zero-order chi connectivity index (χ0) is 10.4. The maximum atomic E-state index is 12.7. The Morgan fingerprint density at radius 2 is 2.07 bits per heavy atom. The van der Waals surface area contributed by atoms with Gasteiger partial charge in [-0.05, 0) is 30.7 Å². The number of amides is 1. The molecule has 1 amide bonds. The molecule has 2 bridgehead atoms. The summed E-state index contributed by atoms with van der Waals surface area (Å²) in [6, 6.07) is 6.32. The Kier molecular flexibility index (Phi) is 1.79. The Labute approximate surface area is 86.9 Å². The topological polar surface area (TPSA) is 32.3 Å². The molecule has 0 aliphatic carbocycles. The first-order valence-corrected chi connectivity index (χ1v) is 5.08. The van der Waals surface area contributed by atoms with Gasteiger partial charge in [-0.1, -0.05) is 0 Å². The summed E-state index contributed by atoms with van der Waals surface area (Å²) in [4.78, 5) is 13.6. The summed E-state index contributed by atoms with van der Waals surface area (Å²) in [7, 11) is 0. The Hall–Kier alpha value is -1.42. The minimum Gasteiger partial charge on any atom is -0.307 e. The molecule has 0 radical (unpaired) electrons. The van der Waals surface area contributed by atoms with Crippen molar-refractivity contribution >= 4 is 11.6 Å². The summed E-state index contributed by atoms with van der Waals surface area (Å²) in [5.74, 6) is -0.161. The second-order valence-electron chi connectivity index (χ2n) is 4.04. The van der Waals surface area contributed by atoms with Gasteiger partial charge in [-0.3, -0.25) is 4.79 Å². The van der Waals surface area contributed by atoms with Crippen molar-refractivity contribution in [2.24, 2.45) is 0 Å². The van der Waals surface area contributed by atoms with Crippen LogP contribution in [0.1, 0.15) is 6.42 Å². The third-order valence-electron chi connectivity index (χ3n) is 3.11. The third-order valence-corrected chi connectivity index (χ3v) is 3.11. The first kappa shape index (κ1) is 8.85. The van der Waals surface area contributed by atoms with Gasteiger partial charge in [0, 0.05) is 12.2 Å². The van der Waals surface area contributed by atoms with E-state index in [0.717, 1.165) is 18.7 Å². The van der Waals surface area contributed by atoms with Crippen molar-refractivity contribution in [3.8, 4) is 0 Å². The molecule has 2 aliphatic rings. The van der Waals surface area contributed by atoms with Crippen molar-refractivity contribution in [1.29, 1.82) is 0 Å². The minimum atomic E-state index is -0.270. The highest BCUT2D eigenvalue weighted by Gasteiger charge is 2.45. The maximum absolute atomic E-state index is 12.7. The molecule has 0 unspecified atom stereocenters. The van der Waals surface area contributed by atoms with Crippen molar-refractivity contribution in [2.75, 3.05) is 11.4 Å². The van der Waals surface area contributed by atoms with Crippen LogP contribution in [0.5, 0.6) is 0 Å². The van der Waals surface area contributed by atoms with Crippen LogP contribution in [0.15, 0.2) is 24.3 Å². The highest BCUT2D eigenvalue weighted by atomic mass is 19.1. The van der Waals surface area contributed by atoms with Gasteiger partial charge >= 0.3 is 0 Å². The van der Waals surface area contributed by atoms with Crippen LogP contribution in [-0.2, 0) is 4.79 Å². The SMILES string of the molecule is O=C1[C@@H]2C[C@@H](CN2)N1c1ccc(F)cc1. The standard InChI is InChI=1S/C11H11FN2O/c12-7-1-3-8(4-2-7)14-9-5-10(11(14)15)13-6-9/h1-4,9-10,13H,5-6H2/t9-,10-/m0/s1. The third kappa shape index (κ3) is 1.25. The highest BCUT2D eigenvalue weighted by Crippen LogP contribution is 2.30. The first-order chi connectivity index (χ1) is 7.25. The molecule has 0 aromatic heterocycles. The molecule has 3 rings (SSSR count). The van der Waals surface area contributed by atoms with Gasteiger partial charge in [-0.2, -0.15) is 0 Å². The lowest BCUT2D eigenvalue weighted by Crippen LogP contribution is -2.48. The number of benzene rings is 1. The predicted octanol–water partition coefficient (Wildman–Crippen LogP) is 0.903. The Morgan fingerprint density at radius 1 is 1.33 bits per heavy atom. The summed E-state index contributed by atoms with van der Waals surface area (Å²) >= 11 is 0. The van der Waals surface area contributed by atoms with Crippen LogP contribution in [0.3, 0.4) is 0 Å². The highest BCUT2D eigenvalue weighted by molar-refractivity contribution is 6.01. The Balaban J connectivity index is 1.94. The largest absolute Gasteiger partial charge is 0.307 e. The van der Waals surface area contributed by atoms with E-state index < -0.39 is 0 Å². The quantitative estimate of drug-likeness (QED) is 0.740. The summed E-state index contributed by atoms with van der Waals surface area (Å²) in [6.45, 7) is 0.841. The van der Waals surface area contributed by atoms with Crippen molar-refractivity contribution < 1.29 is 9.18 Å². The molecule has 2 aliphatic heterocycles. The summed E-state index contributed by atoms with van der Waals surface area (Å²) < 4.78 is 12.7. The van der Waals surface area contributed by atoms with E-state index in [1.165, 1.54) is 12.1 Å². The monoisotopic (exact) mass is 206 g/mol. The van der Waals surface area contributed by atoms with Gasteiger partial charge in [-0.15, -0.1) is 0 Å². The number of carbonyl (C=O) groups is 1. The number of nitrogens with one attached hydrogen (secondary N) is 1. The van der Waals surface area contributed by atoms with E-state index in [1.54, 1.807) is 17.0 Å². The fraction of sp³-hybridized carbons (Fsp3) is 0.364. The zero-order valence-electron chi connectivity index (χ0n) is 8.11. The van der Waals surface area contributed by atoms with Crippen LogP contribution < -0.4 is 10.2 Å². The summed E-state index contributed by atoms with van der Waals surface area (Å²) in [6.07, 6.45) is 0.871. The first-order valence-electron chi connectivity index (χ1n) is 5.08. The molecule has 3 nitrogen and oxygen atoms in total. The van der Waals surface area contributed by atoms with E-state index in [2.05, 4.69) is 5.32 Å². The molecule has 4 heteroatoms. The molecule has 2 heterocycles. The second kappa shape index (κ2) is 3.03. The molecule has 1 N–H and O–H groups in total. The number of rotatable bonds is 1. The molecular weight excluding hydrogens is 195 g/mol. The molecule has 1 aromatic carbocycles. The van der Waals surface area contributed by atoms with Crippen LogP contribution in [0.25, 0.3) is 0 Å². The van der Waals surface area contributed by atoms with E-state index >= 15 is 0 Å². The van der Waals surface area contributed by atoms with E-state index in [4.69, 9.17) is 0 Å². The van der Waals surface area contributed by atoms with Gasteiger partial charge in [0.15, 0.2) is 0 Å². The minimum absolute atomic E-state index is 0.0277.